The summed E-state index contributed by atoms with van der Waals surface area (Å²) >= 11 is 25.1. The maximum atomic E-state index is 13.5. The first-order valence-electron chi connectivity index (χ1n) is 18.9. The molecule has 0 saturated carbocycles. The number of para-hydroxylation sites is 2. The number of rotatable bonds is 18. The Morgan fingerprint density at radius 1 is 0.516 bits per heavy atom. The minimum absolute atomic E-state index is 0.00485. The number of nitrogens with one attached hydrogen (secondary N) is 4. The van der Waals surface area contributed by atoms with Crippen molar-refractivity contribution in [2.45, 2.75) is 37.7 Å². The van der Waals surface area contributed by atoms with Crippen molar-refractivity contribution >= 4 is 116 Å². The molecule has 0 aliphatic carbocycles. The number of benzene rings is 5. The number of Topliss-reactive ketones (excluding diaryl/α,β-unsaturated/α-hetero) is 2. The quantitative estimate of drug-likeness (QED) is 0.0375. The molecule has 20 heteroatoms. The van der Waals surface area contributed by atoms with Gasteiger partial charge in [0.15, 0.2) is 23.1 Å². The van der Waals surface area contributed by atoms with Crippen LogP contribution in [0.3, 0.4) is 0 Å². The van der Waals surface area contributed by atoms with Crippen LogP contribution in [0.15, 0.2) is 118 Å². The summed E-state index contributed by atoms with van der Waals surface area (Å²) < 4.78 is 11.0. The summed E-state index contributed by atoms with van der Waals surface area (Å²) in [7, 11) is 2.53. The Morgan fingerprint density at radius 2 is 0.891 bits per heavy atom. The van der Waals surface area contributed by atoms with Crippen molar-refractivity contribution in [3.63, 3.8) is 0 Å². The smallest absolute Gasteiger partial charge is 0.258 e. The summed E-state index contributed by atoms with van der Waals surface area (Å²) in [5.74, 6) is -4.17. The number of alkyl halides is 2. The fraction of sp³-hybridized carbons (Fsp3) is 0.182. The lowest BCUT2D eigenvalue weighted by Crippen LogP contribution is -2.32. The Kier molecular flexibility index (Phi) is 17.0. The third-order valence-corrected chi connectivity index (χ3v) is 10.5. The zero-order valence-corrected chi connectivity index (χ0v) is 37.4. The molecular weight excluding hydrogens is 910 g/mol. The van der Waals surface area contributed by atoms with Crippen LogP contribution in [0, 0.1) is 0 Å². The Balaban J connectivity index is 1.31. The number of methoxy groups -OCH3 is 2. The summed E-state index contributed by atoms with van der Waals surface area (Å²) in [5.41, 5.74) is 2.48. The topological polar surface area (TPSA) is 218 Å². The number of hydrogen-bond acceptors (Lipinski definition) is 12. The normalized spacial score (nSPS) is 12.0. The SMILES string of the molecule is COc1c(NC(=O)C(N=Nc2cccc(C(=O)Nc3ccccc3CCl)c2Cl)C(C)=O)ccc(NC(=O)C(N=Nc2cccc(C(=O)Nc3ccccc3CCl)c2Cl)C(C)=O)c1OC. The van der Waals surface area contributed by atoms with Crippen molar-refractivity contribution < 1.29 is 38.2 Å². The highest BCUT2D eigenvalue weighted by Gasteiger charge is 2.29. The first kappa shape index (κ1) is 48.3. The second-order valence-corrected chi connectivity index (χ2v) is 14.7. The molecule has 0 aromatic heterocycles. The molecule has 5 aromatic rings. The standard InChI is InChI=1S/C44H38Cl4N8O8/c1-23(57)37(55-53-31-17-9-13-27(35(31)47)41(59)49-29-15-7-5-11-25(29)21-45)43(61)51-33-19-20-34(40(64-4)39(33)63-3)52-44(62)38(24(2)58)56-54-32-18-10-14-28(36(32)48)42(60)50-30-16-8-6-12-26(30)22-46/h5-20,37-38H,21-22H2,1-4H3,(H,49,59)(H,50,60)(H,51,61)(H,52,62). The summed E-state index contributed by atoms with van der Waals surface area (Å²) in [6.07, 6.45) is 0. The molecule has 330 valence electrons. The maximum Gasteiger partial charge on any atom is 0.258 e. The highest BCUT2D eigenvalue weighted by Crippen LogP contribution is 2.42. The molecule has 2 unspecified atom stereocenters. The van der Waals surface area contributed by atoms with E-state index >= 15 is 0 Å². The fourth-order valence-electron chi connectivity index (χ4n) is 5.89. The van der Waals surface area contributed by atoms with E-state index in [2.05, 4.69) is 41.7 Å². The third-order valence-electron chi connectivity index (χ3n) is 9.13. The Hall–Kier alpha value is -6.72. The van der Waals surface area contributed by atoms with E-state index in [0.717, 1.165) is 13.8 Å². The summed E-state index contributed by atoms with van der Waals surface area (Å²) in [5, 5.41) is 26.4. The van der Waals surface area contributed by atoms with E-state index in [9.17, 15) is 28.8 Å². The van der Waals surface area contributed by atoms with Crippen molar-refractivity contribution in [3.05, 3.63) is 129 Å². The molecule has 0 saturated heterocycles. The Morgan fingerprint density at radius 3 is 1.23 bits per heavy atom. The molecule has 0 radical (unpaired) electrons. The van der Waals surface area contributed by atoms with E-state index in [1.54, 1.807) is 48.5 Å². The van der Waals surface area contributed by atoms with E-state index in [0.29, 0.717) is 22.5 Å². The molecular formula is C44H38Cl4N8O8. The van der Waals surface area contributed by atoms with Gasteiger partial charge in [0, 0.05) is 23.1 Å². The number of ketones is 2. The minimum Gasteiger partial charge on any atom is -0.491 e. The van der Waals surface area contributed by atoms with E-state index < -0.39 is 47.3 Å². The van der Waals surface area contributed by atoms with Gasteiger partial charge in [0.05, 0.1) is 46.8 Å². The van der Waals surface area contributed by atoms with Crippen molar-refractivity contribution in [2.75, 3.05) is 35.5 Å². The van der Waals surface area contributed by atoms with E-state index in [4.69, 9.17) is 55.9 Å². The van der Waals surface area contributed by atoms with Gasteiger partial charge in [0.1, 0.15) is 11.4 Å². The molecule has 0 fully saturated rings. The zero-order chi connectivity index (χ0) is 46.5. The highest BCUT2D eigenvalue weighted by molar-refractivity contribution is 6.37. The van der Waals surface area contributed by atoms with Crippen LogP contribution in [-0.4, -0.2) is 61.5 Å². The molecule has 0 heterocycles. The number of hydrogen-bond donors (Lipinski definition) is 4. The van der Waals surface area contributed by atoms with Crippen molar-refractivity contribution in [1.82, 2.24) is 0 Å². The molecule has 0 bridgehead atoms. The Labute approximate surface area is 386 Å². The minimum atomic E-state index is -1.68. The number of anilines is 4. The predicted molar refractivity (Wildman–Crippen MR) is 246 cm³/mol. The number of halogens is 4. The second kappa shape index (κ2) is 22.6. The summed E-state index contributed by atoms with van der Waals surface area (Å²) in [6.45, 7) is 2.26. The van der Waals surface area contributed by atoms with Crippen LogP contribution in [0.4, 0.5) is 34.1 Å². The van der Waals surface area contributed by atoms with Crippen LogP contribution in [0.1, 0.15) is 45.7 Å². The first-order valence-corrected chi connectivity index (χ1v) is 20.7. The van der Waals surface area contributed by atoms with Gasteiger partial charge >= 0.3 is 0 Å². The summed E-state index contributed by atoms with van der Waals surface area (Å²) in [4.78, 5) is 78.7. The average Bonchev–Trinajstić information content (AvgIpc) is 3.27. The molecule has 64 heavy (non-hydrogen) atoms. The fourth-order valence-corrected chi connectivity index (χ4v) is 6.85. The van der Waals surface area contributed by atoms with Gasteiger partial charge in [0.2, 0.25) is 12.1 Å². The summed E-state index contributed by atoms with van der Waals surface area (Å²) in [6, 6.07) is 22.1. The average molecular weight is 949 g/mol. The van der Waals surface area contributed by atoms with Gasteiger partial charge in [-0.1, -0.05) is 71.7 Å². The zero-order valence-electron chi connectivity index (χ0n) is 34.4. The molecule has 5 aromatic carbocycles. The lowest BCUT2D eigenvalue weighted by molar-refractivity contribution is -0.127. The van der Waals surface area contributed by atoms with Crippen LogP contribution < -0.4 is 30.7 Å². The molecule has 0 aliphatic heterocycles. The van der Waals surface area contributed by atoms with Gasteiger partial charge < -0.3 is 30.7 Å². The van der Waals surface area contributed by atoms with Gasteiger partial charge in [-0.15, -0.1) is 23.2 Å². The number of azo groups is 2. The van der Waals surface area contributed by atoms with Crippen LogP contribution in [0.25, 0.3) is 0 Å². The van der Waals surface area contributed by atoms with Crippen molar-refractivity contribution in [2.24, 2.45) is 20.5 Å². The molecule has 5 rings (SSSR count). The van der Waals surface area contributed by atoms with Gasteiger partial charge in [-0.3, -0.25) is 28.8 Å². The lowest BCUT2D eigenvalue weighted by Gasteiger charge is -2.19. The van der Waals surface area contributed by atoms with Gasteiger partial charge in [0.25, 0.3) is 23.6 Å². The molecule has 0 spiro atoms. The lowest BCUT2D eigenvalue weighted by atomic mass is 10.1. The second-order valence-electron chi connectivity index (χ2n) is 13.4. The number of carbonyl (C=O) groups is 6. The number of amides is 4. The van der Waals surface area contributed by atoms with Crippen LogP contribution in [-0.2, 0) is 30.9 Å². The number of ether oxygens (including phenoxy) is 2. The first-order chi connectivity index (χ1) is 30.7. The number of carbonyl (C=O) groups excluding carboxylic acids is 6. The molecule has 4 N–H and O–H groups in total. The van der Waals surface area contributed by atoms with Crippen LogP contribution in [0.5, 0.6) is 11.5 Å². The largest absolute Gasteiger partial charge is 0.491 e. The maximum absolute atomic E-state index is 13.5. The van der Waals surface area contributed by atoms with E-state index in [1.807, 2.05) is 0 Å². The monoisotopic (exact) mass is 946 g/mol. The molecule has 2 atom stereocenters. The van der Waals surface area contributed by atoms with E-state index in [1.165, 1.54) is 62.8 Å². The highest BCUT2D eigenvalue weighted by atomic mass is 35.5. The van der Waals surface area contributed by atoms with Crippen molar-refractivity contribution in [1.29, 1.82) is 0 Å². The predicted octanol–water partition coefficient (Wildman–Crippen LogP) is 10.4. The van der Waals surface area contributed by atoms with Gasteiger partial charge in [-0.05, 0) is 73.5 Å². The molecule has 16 nitrogen and oxygen atoms in total. The molecule has 0 aliphatic rings. The third kappa shape index (κ3) is 11.6. The molecule has 4 amide bonds. The van der Waals surface area contributed by atoms with Crippen LogP contribution in [0.2, 0.25) is 10.0 Å². The van der Waals surface area contributed by atoms with Gasteiger partial charge in [-0.2, -0.15) is 20.5 Å². The number of nitrogens with zero attached hydrogens (tertiary/aromatic N) is 4. The van der Waals surface area contributed by atoms with Gasteiger partial charge in [-0.25, -0.2) is 0 Å². The van der Waals surface area contributed by atoms with Crippen LogP contribution >= 0.6 is 46.4 Å². The van der Waals surface area contributed by atoms with E-state index in [-0.39, 0.29) is 67.2 Å². The Bertz CT molecular complexity index is 2500. The van der Waals surface area contributed by atoms with Crippen molar-refractivity contribution in [3.8, 4) is 11.5 Å².